The van der Waals surface area contributed by atoms with E-state index in [2.05, 4.69) is 5.32 Å². The van der Waals surface area contributed by atoms with Crippen molar-refractivity contribution in [3.8, 4) is 0 Å². The number of urea groups is 1. The molecule has 0 saturated heterocycles. The maximum absolute atomic E-state index is 12.1. The van der Waals surface area contributed by atoms with E-state index in [-0.39, 0.29) is 18.5 Å². The highest BCUT2D eigenvalue weighted by atomic mass is 19.4. The third-order valence-corrected chi connectivity index (χ3v) is 2.68. The molecule has 1 aromatic rings. The lowest BCUT2D eigenvalue weighted by Gasteiger charge is -2.19. The van der Waals surface area contributed by atoms with Crippen LogP contribution >= 0.6 is 0 Å². The van der Waals surface area contributed by atoms with Gasteiger partial charge in [0.1, 0.15) is 6.54 Å². The van der Waals surface area contributed by atoms with E-state index in [4.69, 9.17) is 5.11 Å². The van der Waals surface area contributed by atoms with Gasteiger partial charge in [0.2, 0.25) is 0 Å². The number of aromatic carboxylic acids is 1. The largest absolute Gasteiger partial charge is 0.478 e. The van der Waals surface area contributed by atoms with Gasteiger partial charge in [-0.25, -0.2) is 9.59 Å². The molecule has 1 aromatic carbocycles. The molecule has 2 N–H and O–H groups in total. The number of halogens is 3. The number of carbonyl (C=O) groups excluding carboxylic acids is 1. The minimum absolute atomic E-state index is 0.0469. The van der Waals surface area contributed by atoms with Crippen molar-refractivity contribution in [2.24, 2.45) is 0 Å². The Labute approximate surface area is 119 Å². The third kappa shape index (κ3) is 5.72. The summed E-state index contributed by atoms with van der Waals surface area (Å²) in [6.45, 7) is -1.30. The Morgan fingerprint density at radius 2 is 1.90 bits per heavy atom. The Balaban J connectivity index is 2.51. The minimum atomic E-state index is -4.46. The molecule has 0 saturated carbocycles. The summed E-state index contributed by atoms with van der Waals surface area (Å²) in [6, 6.07) is 5.38. The number of hydrogen-bond acceptors (Lipinski definition) is 2. The van der Waals surface area contributed by atoms with Crippen molar-refractivity contribution in [1.82, 2.24) is 10.2 Å². The Hall–Kier alpha value is -2.25. The Morgan fingerprint density at radius 1 is 1.29 bits per heavy atom. The predicted molar refractivity (Wildman–Crippen MR) is 69.2 cm³/mol. The molecule has 0 heterocycles. The van der Waals surface area contributed by atoms with Gasteiger partial charge in [-0.3, -0.25) is 0 Å². The van der Waals surface area contributed by atoms with Crippen LogP contribution in [0.2, 0.25) is 0 Å². The maximum Gasteiger partial charge on any atom is 0.406 e. The van der Waals surface area contributed by atoms with Gasteiger partial charge in [0.15, 0.2) is 0 Å². The van der Waals surface area contributed by atoms with E-state index >= 15 is 0 Å². The van der Waals surface area contributed by atoms with Crippen LogP contribution in [-0.4, -0.2) is 48.3 Å². The Bertz CT molecular complexity index is 518. The highest BCUT2D eigenvalue weighted by Crippen LogP contribution is 2.15. The number of nitrogens with one attached hydrogen (secondary N) is 1. The zero-order chi connectivity index (χ0) is 16.0. The molecule has 8 heteroatoms. The van der Waals surface area contributed by atoms with Crippen LogP contribution in [0.25, 0.3) is 0 Å². The maximum atomic E-state index is 12.1. The molecule has 0 aliphatic carbocycles. The average molecular weight is 304 g/mol. The first-order chi connectivity index (χ1) is 9.70. The topological polar surface area (TPSA) is 69.6 Å². The van der Waals surface area contributed by atoms with E-state index in [1.165, 1.54) is 6.07 Å². The summed E-state index contributed by atoms with van der Waals surface area (Å²) in [5.41, 5.74) is 0.610. The molecule has 0 fully saturated rings. The summed E-state index contributed by atoms with van der Waals surface area (Å²) in [5, 5.41) is 11.3. The van der Waals surface area contributed by atoms with Gasteiger partial charge in [0, 0.05) is 13.6 Å². The number of carboxylic acid groups (broad SMARTS) is 1. The average Bonchev–Trinajstić information content (AvgIpc) is 2.36. The van der Waals surface area contributed by atoms with Gasteiger partial charge in [-0.1, -0.05) is 18.2 Å². The van der Waals surface area contributed by atoms with Crippen LogP contribution in [-0.2, 0) is 6.42 Å². The molecule has 0 aliphatic heterocycles. The quantitative estimate of drug-likeness (QED) is 0.875. The van der Waals surface area contributed by atoms with Crippen LogP contribution in [0.4, 0.5) is 18.0 Å². The van der Waals surface area contributed by atoms with Crippen LogP contribution in [0.5, 0.6) is 0 Å². The number of carboxylic acids is 1. The molecule has 0 aliphatic rings. The SMILES string of the molecule is CN(CC(F)(F)F)C(=O)NCCc1ccccc1C(=O)O. The molecular formula is C13H15F3N2O3. The molecule has 0 radical (unpaired) electrons. The first-order valence-electron chi connectivity index (χ1n) is 6.07. The number of alkyl halides is 3. The fraction of sp³-hybridized carbons (Fsp3) is 0.385. The molecule has 21 heavy (non-hydrogen) atoms. The lowest BCUT2D eigenvalue weighted by molar-refractivity contribution is -0.137. The first-order valence-corrected chi connectivity index (χ1v) is 6.07. The van der Waals surface area contributed by atoms with E-state index in [1.54, 1.807) is 18.2 Å². The number of benzene rings is 1. The van der Waals surface area contributed by atoms with Crippen molar-refractivity contribution >= 4 is 12.0 Å². The summed E-state index contributed by atoms with van der Waals surface area (Å²) in [7, 11) is 1.04. The molecule has 0 bridgehead atoms. The zero-order valence-corrected chi connectivity index (χ0v) is 11.3. The van der Waals surface area contributed by atoms with Gasteiger partial charge in [0.25, 0.3) is 0 Å². The fourth-order valence-corrected chi connectivity index (χ4v) is 1.73. The smallest absolute Gasteiger partial charge is 0.406 e. The molecule has 0 aromatic heterocycles. The lowest BCUT2D eigenvalue weighted by atomic mass is 10.0. The van der Waals surface area contributed by atoms with Gasteiger partial charge in [-0.15, -0.1) is 0 Å². The van der Waals surface area contributed by atoms with Gasteiger partial charge in [-0.05, 0) is 18.1 Å². The van der Waals surface area contributed by atoms with Crippen molar-refractivity contribution in [2.75, 3.05) is 20.1 Å². The normalized spacial score (nSPS) is 11.0. The van der Waals surface area contributed by atoms with Crippen LogP contribution in [0, 0.1) is 0 Å². The van der Waals surface area contributed by atoms with E-state index in [1.807, 2.05) is 0 Å². The van der Waals surface area contributed by atoms with Crippen LogP contribution in [0.3, 0.4) is 0 Å². The first kappa shape index (κ1) is 16.8. The molecule has 0 spiro atoms. The summed E-state index contributed by atoms with van der Waals surface area (Å²) in [5.74, 6) is -1.09. The standard InChI is InChI=1S/C13H15F3N2O3/c1-18(8-13(14,15)16)12(21)17-7-6-9-4-2-3-5-10(9)11(19)20/h2-5H,6-8H2,1H3,(H,17,21)(H,19,20). The summed E-state index contributed by atoms with van der Waals surface area (Å²) < 4.78 is 36.3. The third-order valence-electron chi connectivity index (χ3n) is 2.68. The van der Waals surface area contributed by atoms with Gasteiger partial charge < -0.3 is 15.3 Å². The van der Waals surface area contributed by atoms with E-state index in [0.717, 1.165) is 7.05 Å². The molecular weight excluding hydrogens is 289 g/mol. The summed E-state index contributed by atoms with van der Waals surface area (Å²) in [4.78, 5) is 22.9. The molecule has 2 amide bonds. The Kier molecular flexibility index (Phi) is 5.57. The fourth-order valence-electron chi connectivity index (χ4n) is 1.73. The lowest BCUT2D eigenvalue weighted by Crippen LogP contribution is -2.42. The van der Waals surface area contributed by atoms with Crippen LogP contribution < -0.4 is 5.32 Å². The second kappa shape index (κ2) is 6.96. The number of amides is 2. The van der Waals surface area contributed by atoms with E-state index < -0.39 is 24.7 Å². The van der Waals surface area contributed by atoms with Crippen molar-refractivity contribution in [3.63, 3.8) is 0 Å². The Morgan fingerprint density at radius 3 is 2.48 bits per heavy atom. The molecule has 116 valence electrons. The monoisotopic (exact) mass is 304 g/mol. The number of rotatable bonds is 5. The predicted octanol–water partition coefficient (Wildman–Crippen LogP) is 2.13. The van der Waals surface area contributed by atoms with Crippen LogP contribution in [0.15, 0.2) is 24.3 Å². The van der Waals surface area contributed by atoms with Crippen molar-refractivity contribution < 1.29 is 27.9 Å². The van der Waals surface area contributed by atoms with Gasteiger partial charge >= 0.3 is 18.2 Å². The second-order valence-corrected chi connectivity index (χ2v) is 4.42. The number of carbonyl (C=O) groups is 2. The van der Waals surface area contributed by atoms with Crippen molar-refractivity contribution in [1.29, 1.82) is 0 Å². The van der Waals surface area contributed by atoms with Crippen molar-refractivity contribution in [2.45, 2.75) is 12.6 Å². The van der Waals surface area contributed by atoms with Crippen molar-refractivity contribution in [3.05, 3.63) is 35.4 Å². The van der Waals surface area contributed by atoms with Crippen LogP contribution in [0.1, 0.15) is 15.9 Å². The van der Waals surface area contributed by atoms with E-state index in [0.29, 0.717) is 10.5 Å². The minimum Gasteiger partial charge on any atom is -0.478 e. The summed E-state index contributed by atoms with van der Waals surface area (Å²) in [6.07, 6.45) is -4.24. The van der Waals surface area contributed by atoms with Gasteiger partial charge in [0.05, 0.1) is 5.56 Å². The highest BCUT2D eigenvalue weighted by molar-refractivity contribution is 5.89. The number of nitrogens with zero attached hydrogens (tertiary/aromatic N) is 1. The highest BCUT2D eigenvalue weighted by Gasteiger charge is 2.31. The second-order valence-electron chi connectivity index (χ2n) is 4.42. The zero-order valence-electron chi connectivity index (χ0n) is 11.3. The van der Waals surface area contributed by atoms with Gasteiger partial charge in [-0.2, -0.15) is 13.2 Å². The molecule has 5 nitrogen and oxygen atoms in total. The summed E-state index contributed by atoms with van der Waals surface area (Å²) >= 11 is 0. The van der Waals surface area contributed by atoms with E-state index in [9.17, 15) is 22.8 Å². The molecule has 0 unspecified atom stereocenters. The number of hydrogen-bond donors (Lipinski definition) is 2. The molecule has 1 rings (SSSR count). The molecule has 0 atom stereocenters.